The van der Waals surface area contributed by atoms with E-state index in [1.807, 2.05) is 0 Å². The Morgan fingerprint density at radius 3 is 2.63 bits per heavy atom. The third-order valence-electron chi connectivity index (χ3n) is 1.98. The Kier molecular flexibility index (Phi) is 5.65. The highest BCUT2D eigenvalue weighted by atomic mass is 35.5. The minimum absolute atomic E-state index is 0.0343. The number of nitrogens with one attached hydrogen (secondary N) is 1. The van der Waals surface area contributed by atoms with Gasteiger partial charge in [0.2, 0.25) is 0 Å². The molecular weight excluding hydrogens is 302 g/mol. The molecule has 3 nitrogen and oxygen atoms in total. The van der Waals surface area contributed by atoms with E-state index in [0.717, 1.165) is 6.08 Å². The van der Waals surface area contributed by atoms with E-state index in [-0.39, 0.29) is 12.3 Å². The van der Waals surface area contributed by atoms with E-state index in [0.29, 0.717) is 10.7 Å². The zero-order valence-electron chi connectivity index (χ0n) is 9.51. The van der Waals surface area contributed by atoms with Crippen molar-refractivity contribution in [1.29, 1.82) is 0 Å². The lowest BCUT2D eigenvalue weighted by Gasteiger charge is -2.07. The van der Waals surface area contributed by atoms with Crippen LogP contribution < -0.4 is 10.6 Å². The second kappa shape index (κ2) is 6.79. The molecule has 0 spiro atoms. The molecule has 0 radical (unpaired) electrons. The van der Waals surface area contributed by atoms with E-state index in [2.05, 4.69) is 9.83 Å². The van der Waals surface area contributed by atoms with Gasteiger partial charge in [-0.25, -0.2) is 4.84 Å². The lowest BCUT2D eigenvalue weighted by Crippen LogP contribution is -2.22. The minimum Gasteiger partial charge on any atom is -0.395 e. The van der Waals surface area contributed by atoms with Crippen molar-refractivity contribution in [3.63, 3.8) is 0 Å². The zero-order valence-corrected chi connectivity index (χ0v) is 11.0. The standard InChI is InChI=1S/C11H10Cl2F3N3/c12-7-2-1-3-8(4-7)19-9(6-18-13)5-10(17)11(14,15)16/h1-5,18H,6,17H2. The number of hydrogen-bond acceptors (Lipinski definition) is 3. The fourth-order valence-corrected chi connectivity index (χ4v) is 1.49. The number of alkyl halides is 3. The molecule has 0 aromatic heterocycles. The van der Waals surface area contributed by atoms with Crippen molar-refractivity contribution in [3.8, 4) is 0 Å². The van der Waals surface area contributed by atoms with E-state index < -0.39 is 11.9 Å². The Bertz CT molecular complexity index is 498. The zero-order chi connectivity index (χ0) is 14.5. The molecule has 1 aromatic carbocycles. The van der Waals surface area contributed by atoms with Crippen LogP contribution >= 0.6 is 23.4 Å². The lowest BCUT2D eigenvalue weighted by atomic mass is 10.2. The van der Waals surface area contributed by atoms with Crippen LogP contribution in [0.15, 0.2) is 41.0 Å². The van der Waals surface area contributed by atoms with Crippen LogP contribution in [0.2, 0.25) is 5.02 Å². The van der Waals surface area contributed by atoms with Gasteiger partial charge in [-0.2, -0.15) is 13.2 Å². The van der Waals surface area contributed by atoms with Gasteiger partial charge in [0.25, 0.3) is 0 Å². The number of halogens is 5. The van der Waals surface area contributed by atoms with Crippen molar-refractivity contribution in [2.45, 2.75) is 6.18 Å². The Labute approximate surface area is 118 Å². The summed E-state index contributed by atoms with van der Waals surface area (Å²) in [4.78, 5) is 6.19. The molecule has 0 saturated carbocycles. The molecule has 1 aromatic rings. The fraction of sp³-hybridized carbons (Fsp3) is 0.182. The van der Waals surface area contributed by atoms with E-state index in [4.69, 9.17) is 29.1 Å². The summed E-state index contributed by atoms with van der Waals surface area (Å²) in [5.74, 6) is 0. The average molecular weight is 312 g/mol. The molecule has 0 aliphatic rings. The van der Waals surface area contributed by atoms with Gasteiger partial charge in [-0.1, -0.05) is 17.7 Å². The summed E-state index contributed by atoms with van der Waals surface area (Å²) in [7, 11) is 0. The molecule has 0 amide bonds. The average Bonchev–Trinajstić information content (AvgIpc) is 2.27. The Morgan fingerprint density at radius 2 is 2.11 bits per heavy atom. The van der Waals surface area contributed by atoms with Crippen molar-refractivity contribution in [2.75, 3.05) is 6.54 Å². The molecule has 0 aliphatic heterocycles. The molecule has 0 bridgehead atoms. The summed E-state index contributed by atoms with van der Waals surface area (Å²) in [5, 5.41) is 0.423. The molecule has 0 fully saturated rings. The van der Waals surface area contributed by atoms with Crippen LogP contribution in [0, 0.1) is 0 Å². The SMILES string of the molecule is NC(=CC(CNCl)=Nc1cccc(Cl)c1)C(F)(F)F. The van der Waals surface area contributed by atoms with Crippen LogP contribution in [0.1, 0.15) is 0 Å². The van der Waals surface area contributed by atoms with Crippen molar-refractivity contribution in [1.82, 2.24) is 4.84 Å². The maximum absolute atomic E-state index is 12.3. The molecule has 0 unspecified atom stereocenters. The summed E-state index contributed by atoms with van der Waals surface area (Å²) >= 11 is 11.0. The molecular formula is C11H10Cl2F3N3. The second-order valence-electron chi connectivity index (χ2n) is 3.49. The van der Waals surface area contributed by atoms with Crippen LogP contribution in [-0.4, -0.2) is 18.4 Å². The summed E-state index contributed by atoms with van der Waals surface area (Å²) in [5.41, 5.74) is 4.11. The lowest BCUT2D eigenvalue weighted by molar-refractivity contribution is -0.0925. The summed E-state index contributed by atoms with van der Waals surface area (Å²) in [6.07, 6.45) is -3.89. The molecule has 0 heterocycles. The number of rotatable bonds is 4. The quantitative estimate of drug-likeness (QED) is 0.660. The predicted octanol–water partition coefficient (Wildman–Crippen LogP) is 3.56. The monoisotopic (exact) mass is 311 g/mol. The number of allylic oxidation sites excluding steroid dienone is 1. The van der Waals surface area contributed by atoms with Gasteiger partial charge < -0.3 is 5.73 Å². The molecule has 104 valence electrons. The van der Waals surface area contributed by atoms with Gasteiger partial charge in [-0.3, -0.25) is 4.99 Å². The minimum atomic E-state index is -4.61. The van der Waals surface area contributed by atoms with Crippen molar-refractivity contribution in [2.24, 2.45) is 10.7 Å². The first-order valence-corrected chi connectivity index (χ1v) is 5.79. The molecule has 1 rings (SSSR count). The van der Waals surface area contributed by atoms with Gasteiger partial charge in [-0.15, -0.1) is 0 Å². The number of hydrogen-bond donors (Lipinski definition) is 2. The fourth-order valence-electron chi connectivity index (χ4n) is 1.16. The number of aliphatic imine (C=N–C) groups is 1. The van der Waals surface area contributed by atoms with Gasteiger partial charge in [0.05, 0.1) is 17.9 Å². The third kappa shape index (κ3) is 5.50. The van der Waals surface area contributed by atoms with Gasteiger partial charge in [0, 0.05) is 5.02 Å². The van der Waals surface area contributed by atoms with Crippen molar-refractivity contribution in [3.05, 3.63) is 41.1 Å². The van der Waals surface area contributed by atoms with Crippen LogP contribution in [0.3, 0.4) is 0 Å². The maximum Gasteiger partial charge on any atom is 0.430 e. The summed E-state index contributed by atoms with van der Waals surface area (Å²) in [6, 6.07) is 6.36. The normalized spacial score (nSPS) is 13.7. The summed E-state index contributed by atoms with van der Waals surface area (Å²) < 4.78 is 37.0. The highest BCUT2D eigenvalue weighted by molar-refractivity contribution is 6.30. The van der Waals surface area contributed by atoms with Gasteiger partial charge in [0.15, 0.2) is 0 Å². The van der Waals surface area contributed by atoms with E-state index in [1.165, 1.54) is 6.07 Å². The topological polar surface area (TPSA) is 50.4 Å². The number of nitrogens with zero attached hydrogens (tertiary/aromatic N) is 1. The van der Waals surface area contributed by atoms with Crippen LogP contribution in [-0.2, 0) is 0 Å². The predicted molar refractivity (Wildman–Crippen MR) is 70.7 cm³/mol. The van der Waals surface area contributed by atoms with Gasteiger partial charge in [0.1, 0.15) is 5.70 Å². The largest absolute Gasteiger partial charge is 0.430 e. The number of nitrogens with two attached hydrogens (primary N) is 1. The first-order valence-electron chi connectivity index (χ1n) is 5.04. The van der Waals surface area contributed by atoms with Crippen molar-refractivity contribution >= 4 is 34.8 Å². The molecule has 0 saturated heterocycles. The Morgan fingerprint density at radius 1 is 1.42 bits per heavy atom. The molecule has 0 aliphatic carbocycles. The van der Waals surface area contributed by atoms with Crippen LogP contribution in [0.25, 0.3) is 0 Å². The first kappa shape index (κ1) is 15.8. The maximum atomic E-state index is 12.3. The first-order chi connectivity index (χ1) is 8.82. The Balaban J connectivity index is 3.07. The highest BCUT2D eigenvalue weighted by Gasteiger charge is 2.31. The van der Waals surface area contributed by atoms with E-state index >= 15 is 0 Å². The Hall–Kier alpha value is -1.24. The molecule has 0 atom stereocenters. The van der Waals surface area contributed by atoms with E-state index in [1.54, 1.807) is 18.2 Å². The van der Waals surface area contributed by atoms with Crippen LogP contribution in [0.5, 0.6) is 0 Å². The smallest absolute Gasteiger partial charge is 0.395 e. The third-order valence-corrected chi connectivity index (χ3v) is 2.35. The van der Waals surface area contributed by atoms with Crippen molar-refractivity contribution < 1.29 is 13.2 Å². The van der Waals surface area contributed by atoms with E-state index in [9.17, 15) is 13.2 Å². The second-order valence-corrected chi connectivity index (χ2v) is 4.19. The molecule has 19 heavy (non-hydrogen) atoms. The molecule has 3 N–H and O–H groups in total. The van der Waals surface area contributed by atoms with Gasteiger partial charge >= 0.3 is 6.18 Å². The summed E-state index contributed by atoms with van der Waals surface area (Å²) in [6.45, 7) is -0.0785. The van der Waals surface area contributed by atoms with Gasteiger partial charge in [-0.05, 0) is 36.1 Å². The number of benzene rings is 1. The molecule has 8 heteroatoms. The van der Waals surface area contributed by atoms with Crippen LogP contribution in [0.4, 0.5) is 18.9 Å². The highest BCUT2D eigenvalue weighted by Crippen LogP contribution is 2.22.